The van der Waals surface area contributed by atoms with E-state index in [1.807, 2.05) is 34.9 Å². The number of aliphatic hydroxyl groups is 1. The highest BCUT2D eigenvalue weighted by molar-refractivity contribution is 6.31. The molecule has 4 nitrogen and oxygen atoms in total. The molecule has 1 N–H and O–H groups in total. The number of rotatable bonds is 3. The molecule has 0 unspecified atom stereocenters. The summed E-state index contributed by atoms with van der Waals surface area (Å²) in [6.07, 6.45) is 1.59. The maximum atomic E-state index is 9.22. The quantitative estimate of drug-likeness (QED) is 0.798. The van der Waals surface area contributed by atoms with Crippen LogP contribution in [0.3, 0.4) is 0 Å². The minimum atomic E-state index is 0.0373. The van der Waals surface area contributed by atoms with Gasteiger partial charge in [-0.1, -0.05) is 41.9 Å². The van der Waals surface area contributed by atoms with Gasteiger partial charge < -0.3 is 9.67 Å². The third kappa shape index (κ3) is 2.20. The van der Waals surface area contributed by atoms with Gasteiger partial charge in [-0.15, -0.1) is 0 Å². The van der Waals surface area contributed by atoms with Crippen LogP contribution < -0.4 is 0 Å². The van der Waals surface area contributed by atoms with E-state index in [0.717, 1.165) is 22.6 Å². The smallest absolute Gasteiger partial charge is 0.160 e. The molecule has 0 aliphatic carbocycles. The highest BCUT2D eigenvalue weighted by Gasteiger charge is 2.13. The van der Waals surface area contributed by atoms with Crippen molar-refractivity contribution in [2.75, 3.05) is 6.61 Å². The van der Waals surface area contributed by atoms with Gasteiger partial charge in [0.2, 0.25) is 0 Å². The van der Waals surface area contributed by atoms with Gasteiger partial charge in [0.05, 0.1) is 11.6 Å². The number of aromatic nitrogens is 3. The Bertz CT molecular complexity index is 709. The molecule has 0 aliphatic rings. The molecule has 0 radical (unpaired) electrons. The second-order valence-corrected chi connectivity index (χ2v) is 4.61. The van der Waals surface area contributed by atoms with Gasteiger partial charge in [0.15, 0.2) is 5.65 Å². The fourth-order valence-electron chi connectivity index (χ4n) is 2.11. The fourth-order valence-corrected chi connectivity index (χ4v) is 2.26. The van der Waals surface area contributed by atoms with Crippen LogP contribution in [0.25, 0.3) is 22.6 Å². The minimum Gasteiger partial charge on any atom is -0.395 e. The summed E-state index contributed by atoms with van der Waals surface area (Å²) in [5.74, 6) is 0.791. The van der Waals surface area contributed by atoms with Crippen LogP contribution >= 0.6 is 11.6 Å². The predicted octanol–water partition coefficient (Wildman–Crippen LogP) is 2.74. The topological polar surface area (TPSA) is 50.9 Å². The zero-order chi connectivity index (χ0) is 13.2. The molecule has 0 fully saturated rings. The van der Waals surface area contributed by atoms with Crippen molar-refractivity contribution in [2.45, 2.75) is 6.54 Å². The van der Waals surface area contributed by atoms with Gasteiger partial charge >= 0.3 is 0 Å². The van der Waals surface area contributed by atoms with E-state index in [-0.39, 0.29) is 6.61 Å². The lowest BCUT2D eigenvalue weighted by Gasteiger charge is -2.06. The Hall–Kier alpha value is -1.91. The Labute approximate surface area is 115 Å². The second kappa shape index (κ2) is 4.99. The summed E-state index contributed by atoms with van der Waals surface area (Å²) < 4.78 is 1.90. The molecule has 0 saturated carbocycles. The molecule has 0 aliphatic heterocycles. The van der Waals surface area contributed by atoms with Crippen molar-refractivity contribution in [3.63, 3.8) is 0 Å². The lowest BCUT2D eigenvalue weighted by molar-refractivity contribution is 0.278. The highest BCUT2D eigenvalue weighted by Crippen LogP contribution is 2.24. The average molecular weight is 274 g/mol. The summed E-state index contributed by atoms with van der Waals surface area (Å²) in [6.45, 7) is 0.491. The zero-order valence-electron chi connectivity index (χ0n) is 10.1. The molecule has 96 valence electrons. The van der Waals surface area contributed by atoms with Crippen LogP contribution in [0.1, 0.15) is 0 Å². The van der Waals surface area contributed by atoms with Gasteiger partial charge in [-0.3, -0.25) is 0 Å². The van der Waals surface area contributed by atoms with Crippen molar-refractivity contribution in [3.8, 4) is 11.4 Å². The van der Waals surface area contributed by atoms with E-state index in [2.05, 4.69) is 9.97 Å². The third-order valence-electron chi connectivity index (χ3n) is 2.91. The third-order valence-corrected chi connectivity index (χ3v) is 3.11. The number of halogens is 1. The molecule has 3 rings (SSSR count). The number of fused-ring (bicyclic) bond motifs is 1. The minimum absolute atomic E-state index is 0.0373. The molecule has 3 aromatic rings. The molecule has 0 amide bonds. The number of benzene rings is 1. The lowest BCUT2D eigenvalue weighted by atomic mass is 10.2. The molecule has 2 heterocycles. The van der Waals surface area contributed by atoms with E-state index in [0.29, 0.717) is 11.6 Å². The maximum absolute atomic E-state index is 9.22. The molecule has 0 atom stereocenters. The summed E-state index contributed by atoms with van der Waals surface area (Å²) in [5, 5.41) is 9.78. The number of aliphatic hydroxyl groups excluding tert-OH is 1. The summed E-state index contributed by atoms with van der Waals surface area (Å²) in [4.78, 5) is 8.87. The summed E-state index contributed by atoms with van der Waals surface area (Å²) >= 11 is 5.94. The number of pyridine rings is 1. The van der Waals surface area contributed by atoms with Gasteiger partial charge in [-0.2, -0.15) is 0 Å². The normalized spacial score (nSPS) is 11.1. The SMILES string of the molecule is OCCn1c(-c2ccccc2)nc2cc(Cl)cnc21. The Balaban J connectivity index is 2.26. The van der Waals surface area contributed by atoms with Crippen LogP contribution in [0.5, 0.6) is 0 Å². The van der Waals surface area contributed by atoms with Gasteiger partial charge in [-0.05, 0) is 6.07 Å². The van der Waals surface area contributed by atoms with Crippen LogP contribution in [-0.2, 0) is 6.54 Å². The summed E-state index contributed by atoms with van der Waals surface area (Å²) in [6, 6.07) is 11.6. The van der Waals surface area contributed by atoms with E-state index in [1.54, 1.807) is 12.3 Å². The number of nitrogens with zero attached hydrogens (tertiary/aromatic N) is 3. The highest BCUT2D eigenvalue weighted by atomic mass is 35.5. The predicted molar refractivity (Wildman–Crippen MR) is 75.1 cm³/mol. The van der Waals surface area contributed by atoms with E-state index in [4.69, 9.17) is 11.6 Å². The fraction of sp³-hybridized carbons (Fsp3) is 0.143. The Morgan fingerprint density at radius 3 is 2.74 bits per heavy atom. The first kappa shape index (κ1) is 12.1. The van der Waals surface area contributed by atoms with Crippen molar-refractivity contribution in [1.29, 1.82) is 0 Å². The molecule has 5 heteroatoms. The Morgan fingerprint density at radius 2 is 2.00 bits per heavy atom. The summed E-state index contributed by atoms with van der Waals surface area (Å²) in [5.41, 5.74) is 2.46. The molecule has 2 aromatic heterocycles. The monoisotopic (exact) mass is 273 g/mol. The molecule has 0 spiro atoms. The number of hydrogen-bond acceptors (Lipinski definition) is 3. The lowest BCUT2D eigenvalue weighted by Crippen LogP contribution is -2.04. The number of imidazole rings is 1. The van der Waals surface area contributed by atoms with Crippen LogP contribution in [0, 0.1) is 0 Å². The Kier molecular flexibility index (Phi) is 3.19. The van der Waals surface area contributed by atoms with E-state index < -0.39 is 0 Å². The molecule has 0 saturated heterocycles. The van der Waals surface area contributed by atoms with E-state index in [1.165, 1.54) is 0 Å². The van der Waals surface area contributed by atoms with Crippen LogP contribution in [-0.4, -0.2) is 26.2 Å². The first-order chi connectivity index (χ1) is 9.29. The summed E-state index contributed by atoms with van der Waals surface area (Å²) in [7, 11) is 0. The van der Waals surface area contributed by atoms with Crippen molar-refractivity contribution in [1.82, 2.24) is 14.5 Å². The van der Waals surface area contributed by atoms with Crippen LogP contribution in [0.4, 0.5) is 0 Å². The first-order valence-corrected chi connectivity index (χ1v) is 6.35. The largest absolute Gasteiger partial charge is 0.395 e. The molecular weight excluding hydrogens is 262 g/mol. The van der Waals surface area contributed by atoms with E-state index >= 15 is 0 Å². The van der Waals surface area contributed by atoms with Gasteiger partial charge in [0, 0.05) is 18.3 Å². The van der Waals surface area contributed by atoms with Crippen molar-refractivity contribution < 1.29 is 5.11 Å². The van der Waals surface area contributed by atoms with Crippen molar-refractivity contribution >= 4 is 22.8 Å². The second-order valence-electron chi connectivity index (χ2n) is 4.17. The van der Waals surface area contributed by atoms with Gasteiger partial charge in [0.25, 0.3) is 0 Å². The first-order valence-electron chi connectivity index (χ1n) is 5.97. The van der Waals surface area contributed by atoms with Crippen LogP contribution in [0.2, 0.25) is 5.02 Å². The average Bonchev–Trinajstić information content (AvgIpc) is 2.78. The zero-order valence-corrected chi connectivity index (χ0v) is 10.9. The van der Waals surface area contributed by atoms with Crippen molar-refractivity contribution in [2.24, 2.45) is 0 Å². The van der Waals surface area contributed by atoms with Gasteiger partial charge in [-0.25, -0.2) is 9.97 Å². The maximum Gasteiger partial charge on any atom is 0.160 e. The van der Waals surface area contributed by atoms with E-state index in [9.17, 15) is 5.11 Å². The molecule has 19 heavy (non-hydrogen) atoms. The standard InChI is InChI=1S/C14H12ClN3O/c15-11-8-12-14(16-9-11)18(6-7-19)13(17-12)10-4-2-1-3-5-10/h1-5,8-9,19H,6-7H2. The molecule has 1 aromatic carbocycles. The van der Waals surface area contributed by atoms with Crippen LogP contribution in [0.15, 0.2) is 42.6 Å². The number of hydrogen-bond donors (Lipinski definition) is 1. The van der Waals surface area contributed by atoms with Crippen molar-refractivity contribution in [3.05, 3.63) is 47.6 Å². The molecule has 0 bridgehead atoms. The Morgan fingerprint density at radius 1 is 1.21 bits per heavy atom. The molecular formula is C14H12ClN3O. The van der Waals surface area contributed by atoms with Gasteiger partial charge in [0.1, 0.15) is 11.3 Å².